The maximum Gasteiger partial charge on any atom is 0.133 e. The minimum absolute atomic E-state index is 1.02. The number of rotatable bonds is 2. The maximum absolute atomic E-state index is 4.52. The van der Waals surface area contributed by atoms with Crippen molar-refractivity contribution in [3.8, 4) is 9.88 Å². The molecule has 0 N–H and O–H groups in total. The van der Waals surface area contributed by atoms with Crippen molar-refractivity contribution in [2.45, 2.75) is 13.3 Å². The van der Waals surface area contributed by atoms with Crippen molar-refractivity contribution < 1.29 is 0 Å². The van der Waals surface area contributed by atoms with Gasteiger partial charge in [0.05, 0.1) is 10.6 Å². The Labute approximate surface area is 93.6 Å². The van der Waals surface area contributed by atoms with Crippen LogP contribution in [0.25, 0.3) is 9.88 Å². The molecular formula is C9H8BrNS2. The summed E-state index contributed by atoms with van der Waals surface area (Å²) in [5.41, 5.74) is 1.18. The highest BCUT2D eigenvalue weighted by Gasteiger charge is 2.05. The molecule has 0 spiro atoms. The second-order valence-electron chi connectivity index (χ2n) is 2.63. The Balaban J connectivity index is 2.35. The normalized spacial score (nSPS) is 10.6. The van der Waals surface area contributed by atoms with Crippen LogP contribution in [0.4, 0.5) is 0 Å². The zero-order chi connectivity index (χ0) is 9.26. The Hall–Kier alpha value is -0.190. The van der Waals surface area contributed by atoms with Crippen molar-refractivity contribution in [3.63, 3.8) is 0 Å². The lowest BCUT2D eigenvalue weighted by Crippen LogP contribution is -1.77. The molecule has 2 aromatic rings. The van der Waals surface area contributed by atoms with Crippen molar-refractivity contribution in [1.29, 1.82) is 0 Å². The molecule has 2 rings (SSSR count). The smallest absolute Gasteiger partial charge is 0.133 e. The summed E-state index contributed by atoms with van der Waals surface area (Å²) in [4.78, 5) is 5.77. The molecule has 0 unspecified atom stereocenters. The van der Waals surface area contributed by atoms with E-state index in [1.807, 2.05) is 0 Å². The Morgan fingerprint density at radius 3 is 2.77 bits per heavy atom. The third kappa shape index (κ3) is 2.00. The Kier molecular flexibility index (Phi) is 2.81. The first-order valence-electron chi connectivity index (χ1n) is 3.98. The molecule has 0 aliphatic heterocycles. The fourth-order valence-electron chi connectivity index (χ4n) is 1.01. The van der Waals surface area contributed by atoms with Crippen LogP contribution in [0.1, 0.15) is 12.6 Å². The van der Waals surface area contributed by atoms with Gasteiger partial charge in [-0.25, -0.2) is 4.98 Å². The van der Waals surface area contributed by atoms with Crippen LogP contribution in [0.15, 0.2) is 21.3 Å². The third-order valence-corrected chi connectivity index (χ3v) is 4.44. The van der Waals surface area contributed by atoms with Crippen LogP contribution in [0.2, 0.25) is 0 Å². The van der Waals surface area contributed by atoms with Gasteiger partial charge in [-0.15, -0.1) is 22.7 Å². The summed E-state index contributed by atoms with van der Waals surface area (Å²) in [6, 6.07) is 2.11. The van der Waals surface area contributed by atoms with E-state index < -0.39 is 0 Å². The van der Waals surface area contributed by atoms with E-state index in [0.29, 0.717) is 0 Å². The van der Waals surface area contributed by atoms with E-state index in [1.165, 1.54) is 10.6 Å². The van der Waals surface area contributed by atoms with Crippen LogP contribution in [0, 0.1) is 0 Å². The standard InChI is InChI=1S/C9H8BrNS2/c1-2-7-5-13-9(11-7)8-3-6(10)4-12-8/h3-5H,2H2,1H3. The average molecular weight is 274 g/mol. The largest absolute Gasteiger partial charge is 0.240 e. The number of nitrogens with zero attached hydrogens (tertiary/aromatic N) is 1. The minimum atomic E-state index is 1.02. The van der Waals surface area contributed by atoms with Crippen LogP contribution in [-0.2, 0) is 6.42 Å². The van der Waals surface area contributed by atoms with Gasteiger partial charge < -0.3 is 0 Å². The van der Waals surface area contributed by atoms with Crippen molar-refractivity contribution in [2.75, 3.05) is 0 Å². The maximum atomic E-state index is 4.52. The van der Waals surface area contributed by atoms with Crippen LogP contribution < -0.4 is 0 Å². The van der Waals surface area contributed by atoms with Gasteiger partial charge in [0.15, 0.2) is 0 Å². The molecule has 2 aromatic heterocycles. The quantitative estimate of drug-likeness (QED) is 0.800. The molecule has 0 atom stereocenters. The second-order valence-corrected chi connectivity index (χ2v) is 5.31. The van der Waals surface area contributed by atoms with Gasteiger partial charge in [0, 0.05) is 15.2 Å². The number of aromatic nitrogens is 1. The van der Waals surface area contributed by atoms with Crippen LogP contribution in [0.3, 0.4) is 0 Å². The zero-order valence-corrected chi connectivity index (χ0v) is 10.3. The van der Waals surface area contributed by atoms with Gasteiger partial charge in [-0.3, -0.25) is 0 Å². The Bertz CT molecular complexity index is 405. The molecule has 0 saturated heterocycles. The van der Waals surface area contributed by atoms with Gasteiger partial charge in [-0.05, 0) is 28.4 Å². The average Bonchev–Trinajstić information content (AvgIpc) is 2.71. The molecule has 0 aromatic carbocycles. The van der Waals surface area contributed by atoms with Crippen LogP contribution in [0.5, 0.6) is 0 Å². The molecule has 0 amide bonds. The molecule has 68 valence electrons. The number of thiophene rings is 1. The van der Waals surface area contributed by atoms with E-state index in [4.69, 9.17) is 0 Å². The minimum Gasteiger partial charge on any atom is -0.240 e. The van der Waals surface area contributed by atoms with Crippen molar-refractivity contribution in [1.82, 2.24) is 4.98 Å². The van der Waals surface area contributed by atoms with E-state index in [9.17, 15) is 0 Å². The lowest BCUT2D eigenvalue weighted by atomic mass is 10.4. The first kappa shape index (κ1) is 9.37. The summed E-state index contributed by atoms with van der Waals surface area (Å²) in [5.74, 6) is 0. The van der Waals surface area contributed by atoms with Gasteiger partial charge in [0.25, 0.3) is 0 Å². The predicted molar refractivity (Wildman–Crippen MR) is 62.5 cm³/mol. The first-order chi connectivity index (χ1) is 6.29. The van der Waals surface area contributed by atoms with E-state index in [-0.39, 0.29) is 0 Å². The lowest BCUT2D eigenvalue weighted by Gasteiger charge is -1.86. The highest BCUT2D eigenvalue weighted by Crippen LogP contribution is 2.31. The lowest BCUT2D eigenvalue weighted by molar-refractivity contribution is 1.07. The Morgan fingerprint density at radius 1 is 1.38 bits per heavy atom. The fraction of sp³-hybridized carbons (Fsp3) is 0.222. The third-order valence-electron chi connectivity index (χ3n) is 1.69. The van der Waals surface area contributed by atoms with Crippen molar-refractivity contribution >= 4 is 38.6 Å². The Morgan fingerprint density at radius 2 is 2.23 bits per heavy atom. The molecule has 0 aliphatic rings. The first-order valence-corrected chi connectivity index (χ1v) is 6.53. The summed E-state index contributed by atoms with van der Waals surface area (Å²) >= 11 is 6.89. The topological polar surface area (TPSA) is 12.9 Å². The summed E-state index contributed by atoms with van der Waals surface area (Å²) in [6.45, 7) is 2.13. The highest BCUT2D eigenvalue weighted by molar-refractivity contribution is 9.10. The molecule has 13 heavy (non-hydrogen) atoms. The second kappa shape index (κ2) is 3.90. The highest BCUT2D eigenvalue weighted by atomic mass is 79.9. The zero-order valence-electron chi connectivity index (χ0n) is 7.08. The monoisotopic (exact) mass is 273 g/mol. The van der Waals surface area contributed by atoms with Gasteiger partial charge >= 0.3 is 0 Å². The molecule has 2 heterocycles. The summed E-state index contributed by atoms with van der Waals surface area (Å²) in [6.07, 6.45) is 1.02. The van der Waals surface area contributed by atoms with E-state index in [0.717, 1.165) is 15.9 Å². The molecule has 4 heteroatoms. The SMILES string of the molecule is CCc1csc(-c2cc(Br)cs2)n1. The molecule has 1 nitrogen and oxygen atoms in total. The molecule has 0 radical (unpaired) electrons. The molecule has 0 saturated carbocycles. The van der Waals surface area contributed by atoms with Gasteiger partial charge in [-0.2, -0.15) is 0 Å². The van der Waals surface area contributed by atoms with Crippen molar-refractivity contribution in [3.05, 3.63) is 27.0 Å². The predicted octanol–water partition coefficient (Wildman–Crippen LogP) is 4.20. The number of hydrogen-bond donors (Lipinski definition) is 0. The van der Waals surface area contributed by atoms with Crippen LogP contribution >= 0.6 is 38.6 Å². The number of hydrogen-bond acceptors (Lipinski definition) is 3. The van der Waals surface area contributed by atoms with Crippen molar-refractivity contribution in [2.24, 2.45) is 0 Å². The van der Waals surface area contributed by atoms with E-state index >= 15 is 0 Å². The number of thiazole rings is 1. The summed E-state index contributed by atoms with van der Waals surface area (Å²) < 4.78 is 1.14. The van der Waals surface area contributed by atoms with Crippen LogP contribution in [-0.4, -0.2) is 4.98 Å². The van der Waals surface area contributed by atoms with E-state index in [2.05, 4.69) is 44.7 Å². The van der Waals surface area contributed by atoms with Gasteiger partial charge in [-0.1, -0.05) is 6.92 Å². The molecular weight excluding hydrogens is 266 g/mol. The van der Waals surface area contributed by atoms with Gasteiger partial charge in [0.1, 0.15) is 5.01 Å². The number of aryl methyl sites for hydroxylation is 1. The number of halogens is 1. The van der Waals surface area contributed by atoms with Gasteiger partial charge in [0.2, 0.25) is 0 Å². The van der Waals surface area contributed by atoms with E-state index in [1.54, 1.807) is 22.7 Å². The fourth-order valence-corrected chi connectivity index (χ4v) is 3.42. The summed E-state index contributed by atoms with van der Waals surface area (Å²) in [7, 11) is 0. The molecule has 0 fully saturated rings. The molecule has 0 aliphatic carbocycles. The molecule has 0 bridgehead atoms. The summed E-state index contributed by atoms with van der Waals surface area (Å²) in [5, 5.41) is 5.35.